The van der Waals surface area contributed by atoms with Crippen LogP contribution in [-0.2, 0) is 4.79 Å². The van der Waals surface area contributed by atoms with E-state index in [1.165, 1.54) is 23.1 Å². The predicted molar refractivity (Wildman–Crippen MR) is 115 cm³/mol. The number of halogens is 1. The number of hydrazone groups is 1. The smallest absolute Gasteiger partial charge is 0.250 e. The lowest BCUT2D eigenvalue weighted by Gasteiger charge is -2.03. The minimum atomic E-state index is -0.180. The van der Waals surface area contributed by atoms with Crippen molar-refractivity contribution in [2.75, 3.05) is 12.9 Å². The first-order valence-electron chi connectivity index (χ1n) is 7.95. The quantitative estimate of drug-likeness (QED) is 0.311. The second kappa shape index (κ2) is 9.68. The van der Waals surface area contributed by atoms with Crippen LogP contribution in [-0.4, -0.2) is 30.0 Å². The van der Waals surface area contributed by atoms with Crippen LogP contribution in [0.3, 0.4) is 0 Å². The lowest BCUT2D eigenvalue weighted by atomic mass is 10.2. The van der Waals surface area contributed by atoms with Crippen LogP contribution >= 0.6 is 39.0 Å². The topological polar surface area (TPSA) is 63.6 Å². The zero-order chi connectivity index (χ0) is 19.1. The summed E-state index contributed by atoms with van der Waals surface area (Å²) < 4.78 is 6.86. The summed E-state index contributed by atoms with van der Waals surface area (Å²) in [6.07, 6.45) is 1.59. The number of ether oxygens (including phenoxy) is 1. The van der Waals surface area contributed by atoms with E-state index in [4.69, 9.17) is 4.74 Å². The number of thioether (sulfide) groups is 1. The molecule has 0 atom stereocenters. The third kappa shape index (κ3) is 5.66. The largest absolute Gasteiger partial charge is 0.496 e. The van der Waals surface area contributed by atoms with Crippen molar-refractivity contribution in [2.24, 2.45) is 5.10 Å². The highest BCUT2D eigenvalue weighted by molar-refractivity contribution is 9.10. The Hall–Kier alpha value is -2.16. The van der Waals surface area contributed by atoms with Crippen LogP contribution in [0.5, 0.6) is 5.75 Å². The number of nitrogens with zero attached hydrogens (tertiary/aromatic N) is 2. The van der Waals surface area contributed by atoms with E-state index in [2.05, 4.69) is 31.4 Å². The summed E-state index contributed by atoms with van der Waals surface area (Å²) in [6, 6.07) is 15.5. The van der Waals surface area contributed by atoms with Crippen LogP contribution in [0.15, 0.2) is 67.8 Å². The van der Waals surface area contributed by atoms with Gasteiger partial charge in [0.2, 0.25) is 0 Å². The average molecular weight is 462 g/mol. The Morgan fingerprint density at radius 1 is 1.33 bits per heavy atom. The van der Waals surface area contributed by atoms with E-state index in [1.54, 1.807) is 13.3 Å². The first-order valence-corrected chi connectivity index (χ1v) is 10.6. The molecule has 5 nitrogen and oxygen atoms in total. The molecule has 138 valence electrons. The zero-order valence-corrected chi connectivity index (χ0v) is 17.6. The molecule has 0 aliphatic carbocycles. The van der Waals surface area contributed by atoms with Crippen LogP contribution in [0.2, 0.25) is 0 Å². The Morgan fingerprint density at radius 3 is 2.89 bits per heavy atom. The molecule has 0 aliphatic rings. The van der Waals surface area contributed by atoms with Gasteiger partial charge in [0.25, 0.3) is 5.91 Å². The molecule has 1 heterocycles. The monoisotopic (exact) mass is 461 g/mol. The number of carbonyl (C=O) groups is 1. The summed E-state index contributed by atoms with van der Waals surface area (Å²) in [4.78, 5) is 16.5. The zero-order valence-electron chi connectivity index (χ0n) is 14.4. The molecule has 0 radical (unpaired) electrons. The highest BCUT2D eigenvalue weighted by Gasteiger charge is 2.07. The molecule has 1 N–H and O–H groups in total. The second-order valence-corrected chi connectivity index (χ2v) is 8.28. The van der Waals surface area contributed by atoms with Crippen molar-refractivity contribution >= 4 is 51.2 Å². The first kappa shape index (κ1) is 19.6. The van der Waals surface area contributed by atoms with Crippen molar-refractivity contribution < 1.29 is 9.53 Å². The molecule has 8 heteroatoms. The number of nitrogens with one attached hydrogen (secondary N) is 1. The summed E-state index contributed by atoms with van der Waals surface area (Å²) in [5.41, 5.74) is 5.37. The van der Waals surface area contributed by atoms with E-state index in [9.17, 15) is 4.79 Å². The molecule has 0 bridgehead atoms. The van der Waals surface area contributed by atoms with E-state index in [1.807, 2.05) is 53.9 Å². The van der Waals surface area contributed by atoms with Gasteiger partial charge in [-0.15, -0.1) is 11.3 Å². The normalized spacial score (nSPS) is 10.9. The third-order valence-corrected chi connectivity index (χ3v) is 6.10. The van der Waals surface area contributed by atoms with E-state index >= 15 is 0 Å². The number of thiazole rings is 1. The van der Waals surface area contributed by atoms with Crippen LogP contribution < -0.4 is 10.2 Å². The van der Waals surface area contributed by atoms with Crippen LogP contribution in [0, 0.1) is 0 Å². The van der Waals surface area contributed by atoms with Crippen molar-refractivity contribution in [3.63, 3.8) is 0 Å². The third-order valence-electron chi connectivity index (χ3n) is 3.46. The molecule has 2 aromatic carbocycles. The van der Waals surface area contributed by atoms with Gasteiger partial charge in [-0.1, -0.05) is 42.1 Å². The molecular weight excluding hydrogens is 446 g/mol. The standard InChI is InChI=1S/C19H16BrN3O2S2/c1-25-17-8-7-13(9-15(17)20)10-21-23-18(24)12-27-19-22-16(11-26-19)14-5-3-2-4-6-14/h2-11H,12H2,1H3,(H,23,24)/b21-10+. The Kier molecular flexibility index (Phi) is 7.03. The maximum absolute atomic E-state index is 12.0. The number of aromatic nitrogens is 1. The molecule has 3 rings (SSSR count). The fourth-order valence-electron chi connectivity index (χ4n) is 2.17. The molecule has 0 aliphatic heterocycles. The number of rotatable bonds is 7. The summed E-state index contributed by atoms with van der Waals surface area (Å²) in [5.74, 6) is 0.817. The van der Waals surface area contributed by atoms with Gasteiger partial charge >= 0.3 is 0 Å². The fraction of sp³-hybridized carbons (Fsp3) is 0.105. The van der Waals surface area contributed by atoms with Crippen molar-refractivity contribution in [3.05, 3.63) is 63.9 Å². The molecule has 0 spiro atoms. The van der Waals surface area contributed by atoms with Crippen molar-refractivity contribution in [1.29, 1.82) is 0 Å². The van der Waals surface area contributed by atoms with Gasteiger partial charge < -0.3 is 4.74 Å². The van der Waals surface area contributed by atoms with Crippen molar-refractivity contribution in [2.45, 2.75) is 4.34 Å². The summed E-state index contributed by atoms with van der Waals surface area (Å²) in [5, 5.41) is 5.98. The molecule has 1 aromatic heterocycles. The summed E-state index contributed by atoms with van der Waals surface area (Å²) >= 11 is 6.34. The van der Waals surface area contributed by atoms with Gasteiger partial charge in [0, 0.05) is 10.9 Å². The lowest BCUT2D eigenvalue weighted by molar-refractivity contribution is -0.118. The van der Waals surface area contributed by atoms with Gasteiger partial charge in [-0.05, 0) is 39.7 Å². The maximum Gasteiger partial charge on any atom is 0.250 e. The van der Waals surface area contributed by atoms with Gasteiger partial charge in [0.05, 0.1) is 29.2 Å². The van der Waals surface area contributed by atoms with E-state index in [0.717, 1.165) is 31.4 Å². The Balaban J connectivity index is 1.49. The molecule has 0 saturated carbocycles. The first-order chi connectivity index (χ1) is 13.2. The minimum absolute atomic E-state index is 0.180. The number of hydrogen-bond acceptors (Lipinski definition) is 6. The Bertz CT molecular complexity index is 945. The maximum atomic E-state index is 12.0. The van der Waals surface area contributed by atoms with E-state index in [0.29, 0.717) is 0 Å². The number of carbonyl (C=O) groups excluding carboxylic acids is 1. The van der Waals surface area contributed by atoms with Gasteiger partial charge in [-0.2, -0.15) is 5.10 Å². The molecule has 3 aromatic rings. The molecule has 0 unspecified atom stereocenters. The molecule has 27 heavy (non-hydrogen) atoms. The van der Waals surface area contributed by atoms with Gasteiger partial charge in [-0.3, -0.25) is 4.79 Å². The van der Waals surface area contributed by atoms with Crippen molar-refractivity contribution in [1.82, 2.24) is 10.4 Å². The van der Waals surface area contributed by atoms with Gasteiger partial charge in [0.1, 0.15) is 5.75 Å². The number of hydrogen-bond donors (Lipinski definition) is 1. The fourth-order valence-corrected chi connectivity index (χ4v) is 4.35. The van der Waals surface area contributed by atoms with Crippen LogP contribution in [0.25, 0.3) is 11.3 Å². The van der Waals surface area contributed by atoms with Crippen LogP contribution in [0.1, 0.15) is 5.56 Å². The summed E-state index contributed by atoms with van der Waals surface area (Å²) in [7, 11) is 1.61. The number of amides is 1. The number of methoxy groups -OCH3 is 1. The highest BCUT2D eigenvalue weighted by Crippen LogP contribution is 2.28. The SMILES string of the molecule is COc1ccc(/C=N/NC(=O)CSc2nc(-c3ccccc3)cs2)cc1Br. The lowest BCUT2D eigenvalue weighted by Crippen LogP contribution is -2.19. The van der Waals surface area contributed by atoms with E-state index < -0.39 is 0 Å². The van der Waals surface area contributed by atoms with Gasteiger partial charge in [-0.25, -0.2) is 10.4 Å². The van der Waals surface area contributed by atoms with Crippen LogP contribution in [0.4, 0.5) is 0 Å². The Morgan fingerprint density at radius 2 is 2.15 bits per heavy atom. The number of benzene rings is 2. The Labute approximate surface area is 174 Å². The molecule has 1 amide bonds. The predicted octanol–water partition coefficient (Wildman–Crippen LogP) is 4.82. The molecule has 0 fully saturated rings. The second-order valence-electron chi connectivity index (χ2n) is 5.34. The van der Waals surface area contributed by atoms with Crippen molar-refractivity contribution in [3.8, 4) is 17.0 Å². The molecule has 0 saturated heterocycles. The van der Waals surface area contributed by atoms with Gasteiger partial charge in [0.15, 0.2) is 4.34 Å². The molecular formula is C19H16BrN3O2S2. The van der Waals surface area contributed by atoms with E-state index in [-0.39, 0.29) is 11.7 Å². The highest BCUT2D eigenvalue weighted by atomic mass is 79.9. The summed E-state index contributed by atoms with van der Waals surface area (Å²) in [6.45, 7) is 0. The average Bonchev–Trinajstić information content (AvgIpc) is 3.16. The minimum Gasteiger partial charge on any atom is -0.496 e.